The van der Waals surface area contributed by atoms with Gasteiger partial charge in [-0.15, -0.1) is 5.10 Å². The second kappa shape index (κ2) is 6.24. The molecule has 19 heavy (non-hydrogen) atoms. The van der Waals surface area contributed by atoms with Gasteiger partial charge in [-0.2, -0.15) is 4.68 Å². The summed E-state index contributed by atoms with van der Waals surface area (Å²) in [6, 6.07) is 9.93. The third-order valence-corrected chi connectivity index (χ3v) is 2.84. The maximum atomic E-state index is 4.12. The molecule has 0 aliphatic rings. The van der Waals surface area contributed by atoms with E-state index in [0.717, 1.165) is 30.2 Å². The highest BCUT2D eigenvalue weighted by atomic mass is 15.5. The van der Waals surface area contributed by atoms with Gasteiger partial charge in [0.2, 0.25) is 0 Å². The van der Waals surface area contributed by atoms with Crippen LogP contribution < -0.4 is 0 Å². The van der Waals surface area contributed by atoms with Crippen molar-refractivity contribution >= 4 is 0 Å². The van der Waals surface area contributed by atoms with Gasteiger partial charge in [-0.3, -0.25) is 4.90 Å². The lowest BCUT2D eigenvalue weighted by Crippen LogP contribution is -2.26. The van der Waals surface area contributed by atoms with E-state index in [9.17, 15) is 0 Å². The van der Waals surface area contributed by atoms with Gasteiger partial charge in [0.25, 0.3) is 0 Å². The lowest BCUT2D eigenvalue weighted by Gasteiger charge is -2.19. The molecule has 0 atom stereocenters. The first-order chi connectivity index (χ1) is 9.20. The molecule has 0 N–H and O–H groups in total. The first-order valence-corrected chi connectivity index (χ1v) is 6.40. The summed E-state index contributed by atoms with van der Waals surface area (Å²) < 4.78 is 1.78. The summed E-state index contributed by atoms with van der Waals surface area (Å²) in [5, 5.41) is 12.0. The largest absolute Gasteiger partial charge is 0.292 e. The molecule has 1 aromatic carbocycles. The zero-order chi connectivity index (χ0) is 13.7. The fraction of sp³-hybridized carbons (Fsp3) is 0.357. The highest BCUT2D eigenvalue weighted by molar-refractivity contribution is 5.30. The first kappa shape index (κ1) is 13.4. The van der Waals surface area contributed by atoms with Crippen molar-refractivity contribution in [2.75, 3.05) is 13.1 Å². The summed E-state index contributed by atoms with van der Waals surface area (Å²) in [5.41, 5.74) is 2.12. The number of hydrogen-bond donors (Lipinski definition) is 0. The summed E-state index contributed by atoms with van der Waals surface area (Å²) in [4.78, 5) is 2.26. The fourth-order valence-electron chi connectivity index (χ4n) is 1.94. The van der Waals surface area contributed by atoms with Crippen molar-refractivity contribution in [1.29, 1.82) is 0 Å². The van der Waals surface area contributed by atoms with Crippen LogP contribution >= 0.6 is 0 Å². The molecule has 0 fully saturated rings. The van der Waals surface area contributed by atoms with E-state index in [1.807, 2.05) is 37.3 Å². The van der Waals surface area contributed by atoms with Gasteiger partial charge in [0.15, 0.2) is 5.82 Å². The molecule has 0 radical (unpaired) electrons. The van der Waals surface area contributed by atoms with E-state index < -0.39 is 0 Å². The predicted octanol–water partition coefficient (Wildman–Crippen LogP) is 2.06. The van der Waals surface area contributed by atoms with Gasteiger partial charge in [-0.05, 0) is 36.0 Å². The number of hydrogen-bond acceptors (Lipinski definition) is 4. The predicted molar refractivity (Wildman–Crippen MR) is 74.9 cm³/mol. The lowest BCUT2D eigenvalue weighted by atomic mass is 10.3. The molecular weight excluding hydrogens is 238 g/mol. The lowest BCUT2D eigenvalue weighted by molar-refractivity contribution is 0.294. The van der Waals surface area contributed by atoms with Crippen LogP contribution in [0.25, 0.3) is 5.69 Å². The van der Waals surface area contributed by atoms with Crippen LogP contribution in [0.4, 0.5) is 0 Å². The summed E-state index contributed by atoms with van der Waals surface area (Å²) in [6.07, 6.45) is 0. The molecule has 0 spiro atoms. The fourth-order valence-corrected chi connectivity index (χ4v) is 1.94. The van der Waals surface area contributed by atoms with E-state index in [2.05, 4.69) is 33.9 Å². The topological polar surface area (TPSA) is 46.8 Å². The van der Waals surface area contributed by atoms with Gasteiger partial charge in [-0.25, -0.2) is 0 Å². The quantitative estimate of drug-likeness (QED) is 0.743. The van der Waals surface area contributed by atoms with Gasteiger partial charge in [0, 0.05) is 6.54 Å². The molecular formula is C14H19N5. The van der Waals surface area contributed by atoms with Crippen LogP contribution in [0.15, 0.2) is 42.5 Å². The Balaban J connectivity index is 2.18. The average molecular weight is 257 g/mol. The summed E-state index contributed by atoms with van der Waals surface area (Å²) in [5.74, 6) is 0.842. The highest BCUT2D eigenvalue weighted by Crippen LogP contribution is 2.09. The van der Waals surface area contributed by atoms with E-state index >= 15 is 0 Å². The average Bonchev–Trinajstić information content (AvgIpc) is 2.86. The molecule has 5 nitrogen and oxygen atoms in total. The molecule has 0 aliphatic heterocycles. The van der Waals surface area contributed by atoms with E-state index in [0.29, 0.717) is 6.54 Å². The number of aromatic nitrogens is 4. The summed E-state index contributed by atoms with van der Waals surface area (Å²) in [7, 11) is 0. The van der Waals surface area contributed by atoms with Crippen LogP contribution in [0, 0.1) is 0 Å². The Hall–Kier alpha value is -2.01. The number of rotatable bonds is 6. The SMILES string of the molecule is C=C(C)CN(CC)Cc1nnnn1-c1ccccc1. The number of tetrazole rings is 1. The molecule has 2 aromatic rings. The van der Waals surface area contributed by atoms with Gasteiger partial charge < -0.3 is 0 Å². The second-order valence-electron chi connectivity index (χ2n) is 4.60. The zero-order valence-corrected chi connectivity index (χ0v) is 11.5. The van der Waals surface area contributed by atoms with Crippen LogP contribution in [0.2, 0.25) is 0 Å². The third kappa shape index (κ3) is 3.48. The Kier molecular flexibility index (Phi) is 4.41. The Bertz CT molecular complexity index is 532. The molecule has 1 aromatic heterocycles. The molecule has 0 saturated heterocycles. The molecule has 0 aliphatic carbocycles. The molecule has 0 bridgehead atoms. The Morgan fingerprint density at radius 3 is 2.68 bits per heavy atom. The first-order valence-electron chi connectivity index (χ1n) is 6.40. The molecule has 0 saturated carbocycles. The molecule has 5 heteroatoms. The van der Waals surface area contributed by atoms with Crippen molar-refractivity contribution in [2.24, 2.45) is 0 Å². The van der Waals surface area contributed by atoms with E-state index in [-0.39, 0.29) is 0 Å². The molecule has 1 heterocycles. The summed E-state index contributed by atoms with van der Waals surface area (Å²) in [6.45, 7) is 10.6. The Labute approximate surface area is 113 Å². The third-order valence-electron chi connectivity index (χ3n) is 2.84. The van der Waals surface area contributed by atoms with Gasteiger partial charge in [0.05, 0.1) is 12.2 Å². The van der Waals surface area contributed by atoms with Crippen molar-refractivity contribution in [2.45, 2.75) is 20.4 Å². The van der Waals surface area contributed by atoms with Crippen molar-refractivity contribution in [1.82, 2.24) is 25.1 Å². The van der Waals surface area contributed by atoms with E-state index in [1.165, 1.54) is 0 Å². The highest BCUT2D eigenvalue weighted by Gasteiger charge is 2.12. The molecule has 100 valence electrons. The number of para-hydroxylation sites is 1. The second-order valence-corrected chi connectivity index (χ2v) is 4.60. The van der Waals surface area contributed by atoms with Crippen molar-refractivity contribution in [3.8, 4) is 5.69 Å². The molecule has 0 unspecified atom stereocenters. The van der Waals surface area contributed by atoms with Crippen LogP contribution in [0.5, 0.6) is 0 Å². The van der Waals surface area contributed by atoms with Crippen LogP contribution in [0.1, 0.15) is 19.7 Å². The van der Waals surface area contributed by atoms with Crippen molar-refractivity contribution in [3.05, 3.63) is 48.3 Å². The van der Waals surface area contributed by atoms with Crippen molar-refractivity contribution in [3.63, 3.8) is 0 Å². The molecule has 0 amide bonds. The number of benzene rings is 1. The maximum Gasteiger partial charge on any atom is 0.170 e. The molecule has 2 rings (SSSR count). The van der Waals surface area contributed by atoms with Crippen LogP contribution in [-0.4, -0.2) is 38.2 Å². The minimum Gasteiger partial charge on any atom is -0.292 e. The van der Waals surface area contributed by atoms with Crippen molar-refractivity contribution < 1.29 is 0 Å². The Morgan fingerprint density at radius 1 is 1.32 bits per heavy atom. The maximum absolute atomic E-state index is 4.12. The smallest absolute Gasteiger partial charge is 0.170 e. The summed E-state index contributed by atoms with van der Waals surface area (Å²) >= 11 is 0. The standard InChI is InChI=1S/C14H19N5/c1-4-18(10-12(2)3)11-14-15-16-17-19(14)13-8-6-5-7-9-13/h5-9H,2,4,10-11H2,1,3H3. The van der Waals surface area contributed by atoms with Gasteiger partial charge >= 0.3 is 0 Å². The Morgan fingerprint density at radius 2 is 2.05 bits per heavy atom. The van der Waals surface area contributed by atoms with Crippen LogP contribution in [0.3, 0.4) is 0 Å². The number of nitrogens with zero attached hydrogens (tertiary/aromatic N) is 5. The van der Waals surface area contributed by atoms with Crippen LogP contribution in [-0.2, 0) is 6.54 Å². The number of likely N-dealkylation sites (N-methyl/N-ethyl adjacent to an activating group) is 1. The monoisotopic (exact) mass is 257 g/mol. The minimum atomic E-state index is 0.714. The zero-order valence-electron chi connectivity index (χ0n) is 11.5. The van der Waals surface area contributed by atoms with E-state index in [4.69, 9.17) is 0 Å². The normalized spacial score (nSPS) is 10.9. The van der Waals surface area contributed by atoms with Gasteiger partial charge in [-0.1, -0.05) is 37.3 Å². The minimum absolute atomic E-state index is 0.714. The van der Waals surface area contributed by atoms with Gasteiger partial charge in [0.1, 0.15) is 0 Å². The van der Waals surface area contributed by atoms with E-state index in [1.54, 1.807) is 4.68 Å².